The van der Waals surface area contributed by atoms with E-state index in [0.717, 1.165) is 12.3 Å². The molecule has 4 aliphatic rings. The van der Waals surface area contributed by atoms with E-state index >= 15 is 0 Å². The van der Waals surface area contributed by atoms with Crippen molar-refractivity contribution in [3.05, 3.63) is 24.2 Å². The summed E-state index contributed by atoms with van der Waals surface area (Å²) in [5.74, 6) is 0.970. The predicted octanol–water partition coefficient (Wildman–Crippen LogP) is 4.54. The zero-order valence-electron chi connectivity index (χ0n) is 13.5. The summed E-state index contributed by atoms with van der Waals surface area (Å²) in [6.07, 6.45) is 14.5. The van der Waals surface area contributed by atoms with Gasteiger partial charge in [0, 0.05) is 6.04 Å². The van der Waals surface area contributed by atoms with Crippen LogP contribution < -0.4 is 5.73 Å². The van der Waals surface area contributed by atoms with E-state index in [2.05, 4.69) is 19.9 Å². The highest BCUT2D eigenvalue weighted by molar-refractivity contribution is 5.12. The molecular formula is C19H29NO. The molecule has 3 unspecified atom stereocenters. The summed E-state index contributed by atoms with van der Waals surface area (Å²) in [6, 6.07) is 2.34. The zero-order chi connectivity index (χ0) is 14.7. The van der Waals surface area contributed by atoms with Crippen LogP contribution in [0.5, 0.6) is 0 Å². The fraction of sp³-hybridized carbons (Fsp3) is 0.789. The van der Waals surface area contributed by atoms with Gasteiger partial charge in [-0.2, -0.15) is 0 Å². The maximum atomic E-state index is 6.53. The molecule has 3 atom stereocenters. The van der Waals surface area contributed by atoms with Gasteiger partial charge >= 0.3 is 0 Å². The first-order valence-electron chi connectivity index (χ1n) is 8.65. The Hall–Kier alpha value is -0.760. The molecule has 4 fully saturated rings. The third kappa shape index (κ3) is 2.46. The van der Waals surface area contributed by atoms with Crippen LogP contribution in [0.2, 0.25) is 0 Å². The Morgan fingerprint density at radius 3 is 2.48 bits per heavy atom. The molecule has 4 saturated carbocycles. The number of hydrogen-bond donors (Lipinski definition) is 1. The minimum absolute atomic E-state index is 0.283. The van der Waals surface area contributed by atoms with Crippen LogP contribution >= 0.6 is 0 Å². The molecule has 0 spiro atoms. The molecule has 0 amide bonds. The van der Waals surface area contributed by atoms with Crippen LogP contribution in [0, 0.1) is 22.2 Å². The summed E-state index contributed by atoms with van der Waals surface area (Å²) in [5.41, 5.74) is 9.52. The minimum Gasteiger partial charge on any atom is -0.472 e. The molecule has 2 N–H and O–H groups in total. The highest BCUT2D eigenvalue weighted by Crippen LogP contribution is 2.70. The highest BCUT2D eigenvalue weighted by Gasteiger charge is 2.59. The summed E-state index contributed by atoms with van der Waals surface area (Å²) in [7, 11) is 0. The largest absolute Gasteiger partial charge is 0.472 e. The van der Waals surface area contributed by atoms with Crippen molar-refractivity contribution in [2.45, 2.75) is 71.3 Å². The molecule has 0 aromatic carbocycles. The van der Waals surface area contributed by atoms with Gasteiger partial charge in [-0.25, -0.2) is 0 Å². The SMILES string of the molecule is CC12CC3CC(C)(C1)CC(CC(N)Cc1ccoc1)(C3)C2. The van der Waals surface area contributed by atoms with E-state index in [1.807, 2.05) is 6.26 Å². The van der Waals surface area contributed by atoms with E-state index in [0.29, 0.717) is 16.2 Å². The van der Waals surface area contributed by atoms with Crippen molar-refractivity contribution < 1.29 is 4.42 Å². The minimum atomic E-state index is 0.283. The summed E-state index contributed by atoms with van der Waals surface area (Å²) in [5, 5.41) is 0. The molecule has 116 valence electrons. The van der Waals surface area contributed by atoms with Gasteiger partial charge in [-0.3, -0.25) is 0 Å². The molecule has 2 nitrogen and oxygen atoms in total. The molecule has 0 aliphatic heterocycles. The van der Waals surface area contributed by atoms with Crippen LogP contribution in [-0.2, 0) is 6.42 Å². The lowest BCUT2D eigenvalue weighted by atomic mass is 9.39. The second kappa shape index (κ2) is 4.38. The van der Waals surface area contributed by atoms with Crippen LogP contribution in [0.4, 0.5) is 0 Å². The van der Waals surface area contributed by atoms with Gasteiger partial charge in [0.1, 0.15) is 0 Å². The lowest BCUT2D eigenvalue weighted by Gasteiger charge is -2.66. The van der Waals surface area contributed by atoms with Gasteiger partial charge in [-0.15, -0.1) is 0 Å². The van der Waals surface area contributed by atoms with Gasteiger partial charge in [-0.05, 0) is 85.2 Å². The fourth-order valence-corrected chi connectivity index (χ4v) is 7.25. The molecule has 0 saturated heterocycles. The zero-order valence-corrected chi connectivity index (χ0v) is 13.5. The van der Waals surface area contributed by atoms with E-state index in [9.17, 15) is 0 Å². The van der Waals surface area contributed by atoms with E-state index in [1.54, 1.807) is 6.26 Å². The van der Waals surface area contributed by atoms with E-state index < -0.39 is 0 Å². The predicted molar refractivity (Wildman–Crippen MR) is 84.8 cm³/mol. The molecule has 4 bridgehead atoms. The van der Waals surface area contributed by atoms with Crippen molar-refractivity contribution in [2.24, 2.45) is 27.9 Å². The van der Waals surface area contributed by atoms with Crippen LogP contribution in [0.1, 0.15) is 64.4 Å². The average molecular weight is 287 g/mol. The van der Waals surface area contributed by atoms with Gasteiger partial charge in [0.2, 0.25) is 0 Å². The van der Waals surface area contributed by atoms with Crippen LogP contribution in [0.3, 0.4) is 0 Å². The Kier molecular flexibility index (Phi) is 2.89. The first kappa shape index (κ1) is 13.9. The van der Waals surface area contributed by atoms with E-state index in [-0.39, 0.29) is 6.04 Å². The van der Waals surface area contributed by atoms with Gasteiger partial charge in [0.05, 0.1) is 12.5 Å². The normalized spacial score (nSPS) is 46.0. The molecule has 0 radical (unpaired) electrons. The van der Waals surface area contributed by atoms with Crippen molar-refractivity contribution in [1.29, 1.82) is 0 Å². The molecule has 4 aliphatic carbocycles. The molecular weight excluding hydrogens is 258 g/mol. The molecule has 2 heteroatoms. The van der Waals surface area contributed by atoms with Crippen molar-refractivity contribution in [3.8, 4) is 0 Å². The van der Waals surface area contributed by atoms with Gasteiger partial charge in [0.25, 0.3) is 0 Å². The number of rotatable bonds is 4. The van der Waals surface area contributed by atoms with Crippen LogP contribution in [0.25, 0.3) is 0 Å². The highest BCUT2D eigenvalue weighted by atomic mass is 16.3. The van der Waals surface area contributed by atoms with Crippen molar-refractivity contribution in [3.63, 3.8) is 0 Å². The Bertz CT molecular complexity index is 502. The van der Waals surface area contributed by atoms with Gasteiger partial charge in [0.15, 0.2) is 0 Å². The van der Waals surface area contributed by atoms with Crippen LogP contribution in [0.15, 0.2) is 23.0 Å². The van der Waals surface area contributed by atoms with Gasteiger partial charge < -0.3 is 10.2 Å². The standard InChI is InChI=1S/C19H29NO/c1-17-6-15-7-18(2,11-17)13-19(8-15,12-17)9-16(20)5-14-3-4-21-10-14/h3-4,10,15-16H,5-9,11-13,20H2,1-2H3. The maximum Gasteiger partial charge on any atom is 0.0935 e. The van der Waals surface area contributed by atoms with Crippen molar-refractivity contribution in [1.82, 2.24) is 0 Å². The third-order valence-corrected chi connectivity index (χ3v) is 6.51. The second-order valence-electron chi connectivity index (χ2n) is 9.43. The summed E-state index contributed by atoms with van der Waals surface area (Å²) >= 11 is 0. The first-order valence-corrected chi connectivity index (χ1v) is 8.65. The maximum absolute atomic E-state index is 6.53. The third-order valence-electron chi connectivity index (χ3n) is 6.51. The van der Waals surface area contributed by atoms with Gasteiger partial charge in [-0.1, -0.05) is 13.8 Å². The average Bonchev–Trinajstić information content (AvgIpc) is 2.74. The molecule has 1 aromatic rings. The lowest BCUT2D eigenvalue weighted by Crippen LogP contribution is -2.56. The molecule has 5 rings (SSSR count). The molecule has 1 aromatic heterocycles. The Morgan fingerprint density at radius 2 is 1.90 bits per heavy atom. The van der Waals surface area contributed by atoms with E-state index in [1.165, 1.54) is 50.5 Å². The first-order chi connectivity index (χ1) is 9.88. The number of hydrogen-bond acceptors (Lipinski definition) is 2. The molecule has 21 heavy (non-hydrogen) atoms. The topological polar surface area (TPSA) is 39.2 Å². The van der Waals surface area contributed by atoms with Crippen LogP contribution in [-0.4, -0.2) is 6.04 Å². The van der Waals surface area contributed by atoms with E-state index in [4.69, 9.17) is 10.2 Å². The number of furan rings is 1. The second-order valence-corrected chi connectivity index (χ2v) is 9.43. The summed E-state index contributed by atoms with van der Waals surface area (Å²) in [4.78, 5) is 0. The summed E-state index contributed by atoms with van der Waals surface area (Å²) < 4.78 is 5.19. The Labute approximate surface area is 128 Å². The number of nitrogens with two attached hydrogens (primary N) is 1. The fourth-order valence-electron chi connectivity index (χ4n) is 7.25. The molecule has 1 heterocycles. The summed E-state index contributed by atoms with van der Waals surface area (Å²) in [6.45, 7) is 5.10. The lowest BCUT2D eigenvalue weighted by molar-refractivity contribution is -0.149. The Morgan fingerprint density at radius 1 is 1.19 bits per heavy atom. The smallest absolute Gasteiger partial charge is 0.0935 e. The monoisotopic (exact) mass is 287 g/mol. The quantitative estimate of drug-likeness (QED) is 0.883. The Balaban J connectivity index is 1.51. The van der Waals surface area contributed by atoms with Crippen molar-refractivity contribution >= 4 is 0 Å². The van der Waals surface area contributed by atoms with Crippen molar-refractivity contribution in [2.75, 3.05) is 0 Å².